The van der Waals surface area contributed by atoms with E-state index in [1.54, 1.807) is 0 Å². The molecule has 2 N–H and O–H groups in total. The van der Waals surface area contributed by atoms with Crippen molar-refractivity contribution in [2.24, 2.45) is 0 Å². The molecule has 1 aromatic carbocycles. The molecule has 0 aromatic heterocycles. The molecule has 0 aliphatic carbocycles. The Hall–Kier alpha value is -0.0338. The van der Waals surface area contributed by atoms with Gasteiger partial charge in [0.15, 0.2) is 0 Å². The Morgan fingerprint density at radius 3 is 1.71 bits per heavy atom. The van der Waals surface area contributed by atoms with Gasteiger partial charge in [0.2, 0.25) is 0 Å². The number of rotatable bonds is 1. The first-order valence-corrected chi connectivity index (χ1v) is 5.20. The van der Waals surface area contributed by atoms with E-state index in [0.29, 0.717) is 0 Å². The fraction of sp³-hybridized carbons (Fsp3) is 0.250. The summed E-state index contributed by atoms with van der Waals surface area (Å²) in [6, 6.07) is 10.3. The predicted molar refractivity (Wildman–Crippen MR) is 53.6 cm³/mol. The van der Waals surface area contributed by atoms with Crippen LogP contribution in [0.1, 0.15) is 0 Å². The summed E-state index contributed by atoms with van der Waals surface area (Å²) in [5.74, 6) is 0. The van der Waals surface area contributed by atoms with Gasteiger partial charge in [-0.25, -0.2) is 0 Å². The molecular weight excluding hydrogens is 215 g/mol. The van der Waals surface area contributed by atoms with Crippen molar-refractivity contribution in [3.8, 4) is 0 Å². The maximum absolute atomic E-state index is 8.35. The Kier molecular flexibility index (Phi) is 18.1. The molecule has 0 fully saturated rings. The van der Waals surface area contributed by atoms with E-state index in [9.17, 15) is 0 Å². The van der Waals surface area contributed by atoms with E-state index in [4.69, 9.17) is 19.7 Å². The summed E-state index contributed by atoms with van der Waals surface area (Å²) < 4.78 is 9.70. The number of aliphatic hydroxyl groups excluding tert-OH is 2. The molecule has 0 saturated carbocycles. The molecule has 6 heteroatoms. The normalized spacial score (nSPS) is 8.07. The van der Waals surface area contributed by atoms with Gasteiger partial charge in [-0.3, -0.25) is 4.57 Å². The molecule has 1 aromatic rings. The van der Waals surface area contributed by atoms with Crippen LogP contribution in [0.3, 0.4) is 0 Å². The molecule has 0 aliphatic heterocycles. The zero-order valence-corrected chi connectivity index (χ0v) is 9.97. The van der Waals surface area contributed by atoms with Crippen LogP contribution in [-0.2, 0) is 4.57 Å². The molecule has 0 spiro atoms. The zero-order valence-electron chi connectivity index (χ0n) is 7.67. The van der Waals surface area contributed by atoms with Gasteiger partial charge < -0.3 is 15.1 Å². The van der Waals surface area contributed by atoms with Crippen molar-refractivity contribution in [3.63, 3.8) is 0 Å². The van der Waals surface area contributed by atoms with Crippen molar-refractivity contribution in [1.29, 1.82) is 0 Å². The average Bonchev–Trinajstić information content (AvgIpc) is 2.21. The van der Waals surface area contributed by atoms with Crippen molar-refractivity contribution >= 4 is 34.1 Å². The number of aliphatic hydroxyl groups is 2. The summed E-state index contributed by atoms with van der Waals surface area (Å²) in [4.78, 5) is 8.35. The van der Waals surface area contributed by atoms with Crippen LogP contribution in [0, 0.1) is 0 Å². The Bertz CT molecular complexity index is 206. The second-order valence-corrected chi connectivity index (χ2v) is 2.97. The van der Waals surface area contributed by atoms with Crippen LogP contribution in [0.2, 0.25) is 0 Å². The summed E-state index contributed by atoms with van der Waals surface area (Å²) in [6.45, 7) is -0.250. The van der Waals surface area contributed by atoms with E-state index in [0.717, 1.165) is 0 Å². The second kappa shape index (κ2) is 15.4. The monoisotopic (exact) mass is 226 g/mol. The van der Waals surface area contributed by atoms with Crippen molar-refractivity contribution in [1.82, 2.24) is 0 Å². The summed E-state index contributed by atoms with van der Waals surface area (Å²) in [5.41, 5.74) is 0. The van der Waals surface area contributed by atoms with E-state index >= 15 is 0 Å². The molecule has 4 nitrogen and oxygen atoms in total. The predicted octanol–water partition coefficient (Wildman–Crippen LogP) is -0.995. The van der Waals surface area contributed by atoms with Crippen LogP contribution >= 0.6 is 8.69 Å². The molecule has 0 unspecified atom stereocenters. The van der Waals surface area contributed by atoms with Gasteiger partial charge in [-0.1, -0.05) is 0 Å². The third-order valence-corrected chi connectivity index (χ3v) is 1.41. The summed E-state index contributed by atoms with van der Waals surface area (Å²) >= 11 is 1.90. The van der Waals surface area contributed by atoms with Gasteiger partial charge in [-0.15, -0.1) is 0 Å². The number of hydrogen-bond acceptors (Lipinski definition) is 4. The van der Waals surface area contributed by atoms with Gasteiger partial charge in [-0.2, -0.15) is 0 Å². The van der Waals surface area contributed by atoms with Crippen LogP contribution in [-0.4, -0.2) is 45.1 Å². The zero-order chi connectivity index (χ0) is 11.2. The van der Waals surface area contributed by atoms with Crippen LogP contribution < -0.4 is 8.59 Å². The molecule has 14 heavy (non-hydrogen) atoms. The fourth-order valence-corrected chi connectivity index (χ4v) is 0.750. The molecule has 0 bridgehead atoms. The molecule has 0 aliphatic rings. The first-order chi connectivity index (χ1) is 6.72. The van der Waals surface area contributed by atoms with Crippen LogP contribution in [0.5, 0.6) is 0 Å². The van der Waals surface area contributed by atoms with Gasteiger partial charge in [-0.05, 0) is 0 Å². The van der Waals surface area contributed by atoms with Crippen LogP contribution in [0.25, 0.3) is 0 Å². The van der Waals surface area contributed by atoms with Crippen molar-refractivity contribution in [2.75, 3.05) is 13.2 Å². The van der Waals surface area contributed by atoms with Crippen molar-refractivity contribution in [3.05, 3.63) is 30.3 Å². The van der Waals surface area contributed by atoms with Gasteiger partial charge in [0.05, 0.1) is 21.9 Å². The topological polar surface area (TPSA) is 80.6 Å². The summed E-state index contributed by atoms with van der Waals surface area (Å²) in [6.07, 6.45) is 0. The van der Waals surface area contributed by atoms with Gasteiger partial charge >= 0.3 is 55.7 Å². The Balaban J connectivity index is 0. The number of hydrogen-bond donors (Lipinski definition) is 2. The molecule has 74 valence electrons. The molecule has 0 atom stereocenters. The Morgan fingerprint density at radius 2 is 1.57 bits per heavy atom. The average molecular weight is 226 g/mol. The van der Waals surface area contributed by atoms with E-state index < -0.39 is 8.69 Å². The van der Waals surface area contributed by atoms with Crippen LogP contribution in [0.15, 0.2) is 30.3 Å². The second-order valence-electron chi connectivity index (χ2n) is 2.01. The minimum atomic E-state index is -1.08. The first-order valence-electron chi connectivity index (χ1n) is 3.76. The Morgan fingerprint density at radius 1 is 1.21 bits per heavy atom. The minimum absolute atomic E-state index is 0.125. The van der Waals surface area contributed by atoms with E-state index in [1.165, 1.54) is 3.69 Å². The summed E-state index contributed by atoms with van der Waals surface area (Å²) in [5, 5.41) is 15.2. The van der Waals surface area contributed by atoms with Crippen molar-refractivity contribution in [2.45, 2.75) is 0 Å². The molecule has 0 amide bonds. The maximum atomic E-state index is 8.35. The van der Waals surface area contributed by atoms with E-state index in [-0.39, 0.29) is 13.2 Å². The van der Waals surface area contributed by atoms with Crippen LogP contribution in [0.4, 0.5) is 0 Å². The molecule has 0 radical (unpaired) electrons. The molecule has 1 rings (SSSR count). The SMILES string of the molecule is O=P[O-].OCCO.[Mg+][c]1ccccc1. The van der Waals surface area contributed by atoms with Gasteiger partial charge in [0.25, 0.3) is 0 Å². The van der Waals surface area contributed by atoms with Gasteiger partial charge in [0, 0.05) is 0 Å². The quantitative estimate of drug-likeness (QED) is 0.476. The standard InChI is InChI=1S/C6H5.C2H6O2.Mg.HO2P/c1-2-4-6-5-3-1;3-1-2-4;;1-3-2/h1-5H;3-4H,1-2H2;;(H,1,2)/q;;+1;/p-1. The van der Waals surface area contributed by atoms with Crippen molar-refractivity contribution < 1.29 is 19.7 Å². The van der Waals surface area contributed by atoms with E-state index in [2.05, 4.69) is 12.1 Å². The molecule has 0 heterocycles. The third kappa shape index (κ3) is 17.9. The summed E-state index contributed by atoms with van der Waals surface area (Å²) in [7, 11) is -1.08. The Labute approximate surface area is 97.3 Å². The third-order valence-electron chi connectivity index (χ3n) is 0.943. The fourth-order valence-electron chi connectivity index (χ4n) is 0.478. The first kappa shape index (κ1) is 16.4. The van der Waals surface area contributed by atoms with E-state index in [1.807, 2.05) is 39.9 Å². The number of benzene rings is 1. The molecular formula is C8H11MgO4P. The molecule has 0 saturated heterocycles. The van der Waals surface area contributed by atoms with Gasteiger partial charge in [0.1, 0.15) is 0 Å².